The molecule has 230 valence electrons. The van der Waals surface area contributed by atoms with Crippen LogP contribution < -0.4 is 9.64 Å². The number of aliphatic carboxylic acids is 1. The predicted molar refractivity (Wildman–Crippen MR) is 170 cm³/mol. The number of benzene rings is 2. The summed E-state index contributed by atoms with van der Waals surface area (Å²) in [5.41, 5.74) is 5.19. The SMILES string of the molecule is CC.CC(C)(C)O.Cc1nc(C)c(-c2ccc(OCc3ccccc3)c(F)c2)c(N2CCC(C)(C)CC2)c1CC(=O)O. The summed E-state index contributed by atoms with van der Waals surface area (Å²) in [5.74, 6) is -1.18. The van der Waals surface area contributed by atoms with Gasteiger partial charge in [-0.25, -0.2) is 4.39 Å². The van der Waals surface area contributed by atoms with E-state index >= 15 is 4.39 Å². The zero-order chi connectivity index (χ0) is 31.7. The Balaban J connectivity index is 0.000000797. The van der Waals surface area contributed by atoms with Gasteiger partial charge in [0.2, 0.25) is 0 Å². The molecule has 6 nitrogen and oxygen atoms in total. The minimum absolute atomic E-state index is 0.123. The molecular weight excluding hydrogens is 531 g/mol. The fourth-order valence-corrected chi connectivity index (χ4v) is 4.77. The van der Waals surface area contributed by atoms with Gasteiger partial charge in [0.05, 0.1) is 17.7 Å². The van der Waals surface area contributed by atoms with Crippen LogP contribution in [0.5, 0.6) is 5.75 Å². The van der Waals surface area contributed by atoms with E-state index in [1.807, 2.05) is 64.1 Å². The molecule has 2 heterocycles. The number of rotatable bonds is 7. The second-order valence-corrected chi connectivity index (χ2v) is 12.3. The Morgan fingerprint density at radius 2 is 1.60 bits per heavy atom. The first-order valence-corrected chi connectivity index (χ1v) is 14.8. The van der Waals surface area contributed by atoms with Crippen molar-refractivity contribution in [3.63, 3.8) is 0 Å². The summed E-state index contributed by atoms with van der Waals surface area (Å²) < 4.78 is 20.9. The quantitative estimate of drug-likeness (QED) is 0.294. The number of aryl methyl sites for hydroxylation is 2. The molecule has 1 aromatic heterocycles. The number of carbonyl (C=O) groups is 1. The number of aliphatic hydroxyl groups is 1. The van der Waals surface area contributed by atoms with Crippen LogP contribution in [0.4, 0.5) is 10.1 Å². The van der Waals surface area contributed by atoms with Gasteiger partial charge in [0.25, 0.3) is 0 Å². The largest absolute Gasteiger partial charge is 0.486 e. The van der Waals surface area contributed by atoms with E-state index < -0.39 is 17.4 Å². The zero-order valence-electron chi connectivity index (χ0n) is 26.8. The molecule has 0 aliphatic carbocycles. The van der Waals surface area contributed by atoms with E-state index in [0.717, 1.165) is 48.4 Å². The fourth-order valence-electron chi connectivity index (χ4n) is 4.77. The van der Waals surface area contributed by atoms with Crippen LogP contribution >= 0.6 is 0 Å². The molecule has 0 saturated carbocycles. The molecule has 2 N–H and O–H groups in total. The Bertz CT molecular complexity index is 1300. The molecule has 4 rings (SSSR count). The van der Waals surface area contributed by atoms with Crippen molar-refractivity contribution in [2.45, 2.75) is 93.8 Å². The summed E-state index contributed by atoms with van der Waals surface area (Å²) >= 11 is 0. The molecule has 0 unspecified atom stereocenters. The van der Waals surface area contributed by atoms with Crippen LogP contribution in [0.15, 0.2) is 48.5 Å². The summed E-state index contributed by atoms with van der Waals surface area (Å²) in [4.78, 5) is 18.7. The maximum atomic E-state index is 15.2. The lowest BCUT2D eigenvalue weighted by atomic mass is 9.82. The van der Waals surface area contributed by atoms with Gasteiger partial charge in [-0.05, 0) is 76.1 Å². The highest BCUT2D eigenvalue weighted by Crippen LogP contribution is 2.42. The van der Waals surface area contributed by atoms with E-state index in [0.29, 0.717) is 16.8 Å². The standard InChI is InChI=1S/C29H33FN2O3.C4H10O.C2H6/c1-19-23(17-26(33)34)28(32-14-12-29(3,4)13-15-32)27(20(2)31-19)22-10-11-25(24(30)16-22)35-18-21-8-6-5-7-9-21;1-4(2,3)5;1-2/h5-11,16H,12-15,17-18H2,1-4H3,(H,33,34);5H,1-3H3;1-2H3. The van der Waals surface area contributed by atoms with Crippen molar-refractivity contribution < 1.29 is 24.1 Å². The third-order valence-corrected chi connectivity index (χ3v) is 6.88. The molecule has 2 aromatic carbocycles. The summed E-state index contributed by atoms with van der Waals surface area (Å²) in [6.07, 6.45) is 1.88. The first kappa shape index (κ1) is 34.7. The number of hydrogen-bond donors (Lipinski definition) is 2. The van der Waals surface area contributed by atoms with E-state index in [2.05, 4.69) is 23.7 Å². The van der Waals surface area contributed by atoms with Crippen molar-refractivity contribution in [2.24, 2.45) is 5.41 Å². The molecule has 1 saturated heterocycles. The Kier molecular flexibility index (Phi) is 12.5. The van der Waals surface area contributed by atoms with Crippen LogP contribution in [-0.4, -0.2) is 39.9 Å². The monoisotopic (exact) mass is 580 g/mol. The lowest BCUT2D eigenvalue weighted by molar-refractivity contribution is -0.136. The van der Waals surface area contributed by atoms with E-state index in [-0.39, 0.29) is 24.2 Å². The number of anilines is 1. The third-order valence-electron chi connectivity index (χ3n) is 6.88. The molecule has 1 aliphatic rings. The molecule has 7 heteroatoms. The van der Waals surface area contributed by atoms with Gasteiger partial charge in [0, 0.05) is 35.6 Å². The maximum absolute atomic E-state index is 15.2. The van der Waals surface area contributed by atoms with Crippen molar-refractivity contribution in [3.05, 3.63) is 76.9 Å². The van der Waals surface area contributed by atoms with Gasteiger partial charge >= 0.3 is 5.97 Å². The van der Waals surface area contributed by atoms with Crippen molar-refractivity contribution >= 4 is 11.7 Å². The number of hydrogen-bond acceptors (Lipinski definition) is 5. The lowest BCUT2D eigenvalue weighted by Gasteiger charge is -2.40. The molecule has 0 atom stereocenters. The molecule has 42 heavy (non-hydrogen) atoms. The van der Waals surface area contributed by atoms with Gasteiger partial charge in [-0.2, -0.15) is 0 Å². The first-order valence-electron chi connectivity index (χ1n) is 14.8. The number of ether oxygens (including phenoxy) is 1. The van der Waals surface area contributed by atoms with Gasteiger partial charge in [-0.1, -0.05) is 64.1 Å². The first-order chi connectivity index (χ1) is 19.6. The second-order valence-electron chi connectivity index (χ2n) is 12.3. The average Bonchev–Trinajstić information content (AvgIpc) is 2.90. The summed E-state index contributed by atoms with van der Waals surface area (Å²) in [6.45, 7) is 19.4. The van der Waals surface area contributed by atoms with Crippen molar-refractivity contribution in [2.75, 3.05) is 18.0 Å². The number of pyridine rings is 1. The number of carboxylic acids is 1. The van der Waals surface area contributed by atoms with Crippen LogP contribution in [0.25, 0.3) is 11.1 Å². The van der Waals surface area contributed by atoms with Crippen LogP contribution in [0, 0.1) is 25.1 Å². The van der Waals surface area contributed by atoms with Gasteiger partial charge in [0.1, 0.15) is 6.61 Å². The minimum atomic E-state index is -0.904. The zero-order valence-corrected chi connectivity index (χ0v) is 26.8. The van der Waals surface area contributed by atoms with Gasteiger partial charge in [-0.3, -0.25) is 9.78 Å². The van der Waals surface area contributed by atoms with Gasteiger partial charge in [0.15, 0.2) is 11.6 Å². The van der Waals surface area contributed by atoms with Crippen molar-refractivity contribution in [1.82, 2.24) is 4.98 Å². The Hall–Kier alpha value is -3.45. The van der Waals surface area contributed by atoms with Crippen LogP contribution in [0.2, 0.25) is 0 Å². The average molecular weight is 581 g/mol. The topological polar surface area (TPSA) is 82.9 Å². The normalized spacial score (nSPS) is 14.2. The van der Waals surface area contributed by atoms with Crippen LogP contribution in [-0.2, 0) is 17.8 Å². The van der Waals surface area contributed by atoms with Crippen molar-refractivity contribution in [3.8, 4) is 16.9 Å². The second kappa shape index (κ2) is 15.1. The molecule has 1 fully saturated rings. The van der Waals surface area contributed by atoms with E-state index in [9.17, 15) is 9.90 Å². The van der Waals surface area contributed by atoms with Crippen molar-refractivity contribution in [1.29, 1.82) is 0 Å². The molecule has 0 bridgehead atoms. The summed E-state index contributed by atoms with van der Waals surface area (Å²) in [7, 11) is 0. The molecular formula is C35H49FN2O4. The van der Waals surface area contributed by atoms with E-state index in [1.54, 1.807) is 26.8 Å². The number of nitrogens with zero attached hydrogens (tertiary/aromatic N) is 2. The number of aromatic nitrogens is 1. The molecule has 3 aromatic rings. The van der Waals surface area contributed by atoms with Crippen LogP contribution in [0.3, 0.4) is 0 Å². The minimum Gasteiger partial charge on any atom is -0.486 e. The van der Waals surface area contributed by atoms with Gasteiger partial charge < -0.3 is 19.8 Å². The molecule has 1 aliphatic heterocycles. The highest BCUT2D eigenvalue weighted by molar-refractivity contribution is 5.86. The van der Waals surface area contributed by atoms with Crippen LogP contribution in [0.1, 0.15) is 83.8 Å². The third kappa shape index (κ3) is 10.4. The Morgan fingerprint density at radius 3 is 2.12 bits per heavy atom. The number of piperidine rings is 1. The summed E-state index contributed by atoms with van der Waals surface area (Å²) in [5, 5.41) is 18.2. The maximum Gasteiger partial charge on any atom is 0.307 e. The fraction of sp³-hybridized carbons (Fsp3) is 0.486. The Labute approximate surface area is 251 Å². The smallest absolute Gasteiger partial charge is 0.307 e. The molecule has 0 spiro atoms. The summed E-state index contributed by atoms with van der Waals surface area (Å²) in [6, 6.07) is 14.6. The highest BCUT2D eigenvalue weighted by atomic mass is 19.1. The lowest BCUT2D eigenvalue weighted by Crippen LogP contribution is -2.38. The van der Waals surface area contributed by atoms with E-state index in [1.165, 1.54) is 6.07 Å². The van der Waals surface area contributed by atoms with Gasteiger partial charge in [-0.15, -0.1) is 0 Å². The van der Waals surface area contributed by atoms with E-state index in [4.69, 9.17) is 9.84 Å². The highest BCUT2D eigenvalue weighted by Gasteiger charge is 2.30. The number of carboxylic acid groups (broad SMARTS) is 1. The molecule has 0 amide bonds. The Morgan fingerprint density at radius 1 is 1.02 bits per heavy atom. The number of halogens is 1. The molecule has 0 radical (unpaired) electrons. The predicted octanol–water partition coefficient (Wildman–Crippen LogP) is 8.14.